The molecule has 5 heterocycles. The molecule has 3 unspecified atom stereocenters. The van der Waals surface area contributed by atoms with Crippen molar-refractivity contribution in [1.82, 2.24) is 34.9 Å². The van der Waals surface area contributed by atoms with E-state index in [1.54, 1.807) is 21.7 Å². The minimum absolute atomic E-state index is 0.0240. The molecule has 51 heavy (non-hydrogen) atoms. The molecule has 5 aromatic rings. The molecule has 2 saturated heterocycles. The maximum Gasteiger partial charge on any atom is 0.265 e. The van der Waals surface area contributed by atoms with Crippen molar-refractivity contribution in [2.24, 2.45) is 0 Å². The number of amides is 4. The van der Waals surface area contributed by atoms with Gasteiger partial charge in [-0.25, -0.2) is 23.4 Å². The van der Waals surface area contributed by atoms with Crippen molar-refractivity contribution in [2.75, 3.05) is 18.8 Å². The number of fused-ring (bicyclic) bond motifs is 2. The molecule has 0 radical (unpaired) electrons. The molecule has 0 bridgehead atoms. The molecule has 3 atom stereocenters. The van der Waals surface area contributed by atoms with Crippen LogP contribution in [0.1, 0.15) is 51.6 Å². The van der Waals surface area contributed by atoms with Gasteiger partial charge in [-0.3, -0.25) is 34.3 Å². The van der Waals surface area contributed by atoms with E-state index in [0.29, 0.717) is 51.7 Å². The number of imide groups is 2. The predicted molar refractivity (Wildman–Crippen MR) is 179 cm³/mol. The largest absolute Gasteiger partial charge is 0.457 e. The molecule has 0 aliphatic carbocycles. The minimum atomic E-state index is -1.43. The summed E-state index contributed by atoms with van der Waals surface area (Å²) in [4.78, 5) is 61.3. The summed E-state index contributed by atoms with van der Waals surface area (Å²) in [6.07, 6.45) is 0.0857. The first kappa shape index (κ1) is 32.1. The number of hydrogen-bond acceptors (Lipinski definition) is 10. The zero-order valence-corrected chi connectivity index (χ0v) is 27.0. The summed E-state index contributed by atoms with van der Waals surface area (Å²) >= 11 is 0. The molecule has 15 heteroatoms. The van der Waals surface area contributed by atoms with Gasteiger partial charge in [-0.2, -0.15) is 5.10 Å². The van der Waals surface area contributed by atoms with Gasteiger partial charge < -0.3 is 10.5 Å². The number of nitrogens with two attached hydrogens (primary N) is 1. The number of nitrogens with one attached hydrogen (secondary N) is 1. The third kappa shape index (κ3) is 5.64. The smallest absolute Gasteiger partial charge is 0.265 e. The first-order chi connectivity index (χ1) is 24.7. The van der Waals surface area contributed by atoms with Crippen LogP contribution in [0.25, 0.3) is 22.3 Å². The number of alkyl halides is 1. The number of carbonyl (C=O) groups excluding carboxylic acids is 4. The van der Waals surface area contributed by atoms with Crippen LogP contribution in [0.3, 0.4) is 0 Å². The van der Waals surface area contributed by atoms with E-state index in [1.165, 1.54) is 18.5 Å². The quantitative estimate of drug-likeness (QED) is 0.236. The predicted octanol–water partition coefficient (Wildman–Crippen LogP) is 4.19. The van der Waals surface area contributed by atoms with Gasteiger partial charge in [0.15, 0.2) is 5.65 Å². The van der Waals surface area contributed by atoms with Gasteiger partial charge in [0.1, 0.15) is 47.4 Å². The summed E-state index contributed by atoms with van der Waals surface area (Å²) in [7, 11) is 0. The summed E-state index contributed by atoms with van der Waals surface area (Å²) < 4.78 is 39.4. The number of aromatic nitrogens is 4. The van der Waals surface area contributed by atoms with Crippen LogP contribution in [0.15, 0.2) is 73.1 Å². The Balaban J connectivity index is 1.00. The maximum absolute atomic E-state index is 16.1. The lowest BCUT2D eigenvalue weighted by Crippen LogP contribution is -2.54. The number of halogens is 2. The molecule has 2 fully saturated rings. The number of ether oxygens (including phenoxy) is 1. The highest BCUT2D eigenvalue weighted by molar-refractivity contribution is 6.23. The van der Waals surface area contributed by atoms with Gasteiger partial charge in [0, 0.05) is 37.2 Å². The van der Waals surface area contributed by atoms with E-state index in [9.17, 15) is 19.2 Å². The summed E-state index contributed by atoms with van der Waals surface area (Å²) in [5.41, 5.74) is 7.41. The normalized spacial score (nSPS) is 20.9. The molecular formula is C36H30F2N8O5. The van der Waals surface area contributed by atoms with Crippen LogP contribution in [0.5, 0.6) is 11.5 Å². The zero-order valence-electron chi connectivity index (χ0n) is 27.0. The Bertz CT molecular complexity index is 2230. The van der Waals surface area contributed by atoms with Gasteiger partial charge in [0.05, 0.1) is 22.6 Å². The molecule has 8 rings (SSSR count). The van der Waals surface area contributed by atoms with Gasteiger partial charge in [0.25, 0.3) is 11.8 Å². The Morgan fingerprint density at radius 3 is 2.43 bits per heavy atom. The topological polar surface area (TPSA) is 166 Å². The number of piperidine rings is 2. The van der Waals surface area contributed by atoms with E-state index in [1.807, 2.05) is 42.5 Å². The Labute approximate surface area is 289 Å². The molecule has 2 aromatic heterocycles. The van der Waals surface area contributed by atoms with E-state index in [4.69, 9.17) is 15.6 Å². The lowest BCUT2D eigenvalue weighted by atomic mass is 10.0. The van der Waals surface area contributed by atoms with Crippen molar-refractivity contribution in [3.8, 4) is 22.8 Å². The van der Waals surface area contributed by atoms with Crippen molar-refractivity contribution in [2.45, 2.75) is 44.1 Å². The second kappa shape index (κ2) is 12.7. The number of likely N-dealkylation sites (tertiary alicyclic amines) is 1. The molecule has 13 nitrogen and oxygen atoms in total. The number of nitrogen functional groups attached to an aromatic ring is 1. The molecular weight excluding hydrogens is 662 g/mol. The number of hydrogen-bond donors (Lipinski definition) is 2. The van der Waals surface area contributed by atoms with Crippen LogP contribution >= 0.6 is 0 Å². The second-order valence-corrected chi connectivity index (χ2v) is 12.7. The van der Waals surface area contributed by atoms with Crippen molar-refractivity contribution in [3.05, 3.63) is 95.6 Å². The first-order valence-electron chi connectivity index (χ1n) is 16.4. The zero-order chi connectivity index (χ0) is 35.4. The highest BCUT2D eigenvalue weighted by Gasteiger charge is 2.46. The van der Waals surface area contributed by atoms with Crippen LogP contribution in [-0.4, -0.2) is 78.5 Å². The maximum atomic E-state index is 16.1. The average Bonchev–Trinajstić information content (AvgIpc) is 3.62. The van der Waals surface area contributed by atoms with Crippen molar-refractivity contribution in [3.63, 3.8) is 0 Å². The number of benzene rings is 3. The first-order valence-corrected chi connectivity index (χ1v) is 16.4. The van der Waals surface area contributed by atoms with E-state index >= 15 is 8.78 Å². The lowest BCUT2D eigenvalue weighted by Gasteiger charge is -2.35. The Kier molecular flexibility index (Phi) is 7.98. The number of carbonyl (C=O) groups is 4. The molecule has 0 spiro atoms. The summed E-state index contributed by atoms with van der Waals surface area (Å²) in [5.74, 6) is -2.40. The van der Waals surface area contributed by atoms with Crippen molar-refractivity contribution < 1.29 is 32.7 Å². The third-order valence-corrected chi connectivity index (χ3v) is 9.55. The Morgan fingerprint density at radius 1 is 0.922 bits per heavy atom. The lowest BCUT2D eigenvalue weighted by molar-refractivity contribution is -0.136. The van der Waals surface area contributed by atoms with Crippen LogP contribution in [0.2, 0.25) is 0 Å². The van der Waals surface area contributed by atoms with E-state index in [-0.39, 0.29) is 42.9 Å². The second-order valence-electron chi connectivity index (χ2n) is 12.7. The van der Waals surface area contributed by atoms with Gasteiger partial charge in [-0.1, -0.05) is 24.3 Å². The summed E-state index contributed by atoms with van der Waals surface area (Å²) in [6.45, 7) is 0.267. The molecule has 3 aliphatic heterocycles. The number of rotatable bonds is 7. The fourth-order valence-electron chi connectivity index (χ4n) is 7.03. The molecule has 3 N–H and O–H groups in total. The van der Waals surface area contributed by atoms with E-state index in [2.05, 4.69) is 15.3 Å². The molecule has 0 saturated carbocycles. The van der Waals surface area contributed by atoms with Crippen LogP contribution < -0.4 is 15.8 Å². The monoisotopic (exact) mass is 692 g/mol. The molecule has 3 aliphatic rings. The average molecular weight is 693 g/mol. The number of para-hydroxylation sites is 1. The van der Waals surface area contributed by atoms with E-state index in [0.717, 1.165) is 0 Å². The summed E-state index contributed by atoms with van der Waals surface area (Å²) in [6, 6.07) is 17.5. The Morgan fingerprint density at radius 2 is 1.69 bits per heavy atom. The minimum Gasteiger partial charge on any atom is -0.457 e. The molecule has 3 aromatic carbocycles. The van der Waals surface area contributed by atoms with Crippen LogP contribution in [-0.2, 0) is 16.1 Å². The van der Waals surface area contributed by atoms with Gasteiger partial charge in [-0.05, 0) is 55.3 Å². The van der Waals surface area contributed by atoms with E-state index < -0.39 is 53.3 Å². The fraction of sp³-hybridized carbons (Fsp3) is 0.250. The van der Waals surface area contributed by atoms with Crippen molar-refractivity contribution in [1.29, 1.82) is 0 Å². The number of anilines is 1. The number of nitrogens with zero attached hydrogens (tertiary/aromatic N) is 6. The van der Waals surface area contributed by atoms with Crippen LogP contribution in [0.4, 0.5) is 14.6 Å². The van der Waals surface area contributed by atoms with Gasteiger partial charge in [0.2, 0.25) is 11.8 Å². The standard InChI is InChI=1S/C36H30F2N8O5/c37-24-17-44(16-20-8-11-23-28(30(20)38)36(50)45(35(23)49)26-12-13-27(47)42-34(26)48)15-14-25(24)46-33-29(32(39)40-18-41-33)31(43-46)19-6-9-22(10-7-19)51-21-4-2-1-3-5-21/h1-11,18,24-26H,12-17H2,(H2,39,40,41)(H,42,47,48). The SMILES string of the molecule is Nc1ncnc2c1c(-c1ccc(Oc3ccccc3)cc1)nn2C1CCN(Cc2ccc3c(c2F)C(=O)N(C2CCC(=O)NC2=O)C3=O)CC1F. The highest BCUT2D eigenvalue weighted by atomic mass is 19.1. The fourth-order valence-corrected chi connectivity index (χ4v) is 7.03. The van der Waals surface area contributed by atoms with Crippen molar-refractivity contribution >= 4 is 40.5 Å². The summed E-state index contributed by atoms with van der Waals surface area (Å²) in [5, 5.41) is 7.41. The Hall–Kier alpha value is -6.09. The van der Waals surface area contributed by atoms with Gasteiger partial charge >= 0.3 is 0 Å². The highest BCUT2D eigenvalue weighted by Crippen LogP contribution is 2.37. The molecule has 4 amide bonds. The third-order valence-electron chi connectivity index (χ3n) is 9.55. The van der Waals surface area contributed by atoms with Gasteiger partial charge in [-0.15, -0.1) is 0 Å². The molecule has 258 valence electrons. The van der Waals surface area contributed by atoms with Crippen LogP contribution in [0, 0.1) is 5.82 Å².